The van der Waals surface area contributed by atoms with Gasteiger partial charge in [0.25, 0.3) is 0 Å². The fourth-order valence-electron chi connectivity index (χ4n) is 3.72. The van der Waals surface area contributed by atoms with Crippen molar-refractivity contribution in [2.24, 2.45) is 17.2 Å². The van der Waals surface area contributed by atoms with Crippen molar-refractivity contribution in [2.45, 2.75) is 52.0 Å². The van der Waals surface area contributed by atoms with Crippen LogP contribution in [-0.2, 0) is 6.42 Å². The minimum Gasteiger partial charge on any atom is -0.493 e. The molecular formula is C17H26N2O. The van der Waals surface area contributed by atoms with Gasteiger partial charge in [-0.15, -0.1) is 0 Å². The summed E-state index contributed by atoms with van der Waals surface area (Å²) in [6.45, 7) is 5.55. The average Bonchev–Trinajstić information content (AvgIpc) is 2.90. The van der Waals surface area contributed by atoms with Gasteiger partial charge in [-0.25, -0.2) is 0 Å². The van der Waals surface area contributed by atoms with Gasteiger partial charge in [0.1, 0.15) is 5.75 Å². The maximum absolute atomic E-state index is 5.89. The highest BCUT2D eigenvalue weighted by atomic mass is 16.5. The number of hydrogen-bond donors (Lipinski definition) is 2. The van der Waals surface area contributed by atoms with E-state index >= 15 is 0 Å². The lowest BCUT2D eigenvalue weighted by molar-refractivity contribution is 0.160. The molecule has 1 aliphatic carbocycles. The van der Waals surface area contributed by atoms with Gasteiger partial charge in [-0.1, -0.05) is 32.0 Å². The molecule has 0 saturated heterocycles. The Morgan fingerprint density at radius 1 is 1.30 bits per heavy atom. The highest BCUT2D eigenvalue weighted by Crippen LogP contribution is 2.45. The molecule has 0 bridgehead atoms. The molecule has 110 valence electrons. The Labute approximate surface area is 121 Å². The Hall–Kier alpha value is -1.06. The summed E-state index contributed by atoms with van der Waals surface area (Å²) in [7, 11) is 0. The van der Waals surface area contributed by atoms with E-state index in [0.717, 1.165) is 18.8 Å². The van der Waals surface area contributed by atoms with Gasteiger partial charge in [0.2, 0.25) is 0 Å². The number of hydrazine groups is 1. The summed E-state index contributed by atoms with van der Waals surface area (Å²) in [6, 6.07) is 6.71. The molecule has 0 amide bonds. The highest BCUT2D eigenvalue weighted by molar-refractivity contribution is 5.45. The zero-order chi connectivity index (χ0) is 14.2. The van der Waals surface area contributed by atoms with Crippen molar-refractivity contribution in [1.29, 1.82) is 0 Å². The quantitative estimate of drug-likeness (QED) is 0.656. The van der Waals surface area contributed by atoms with Crippen LogP contribution in [0.5, 0.6) is 5.75 Å². The lowest BCUT2D eigenvalue weighted by Gasteiger charge is -2.38. The van der Waals surface area contributed by atoms with Crippen LogP contribution in [0.1, 0.15) is 56.7 Å². The number of fused-ring (bicyclic) bond motifs is 1. The van der Waals surface area contributed by atoms with Gasteiger partial charge in [-0.2, -0.15) is 0 Å². The second-order valence-electron chi connectivity index (χ2n) is 7.08. The molecular weight excluding hydrogens is 248 g/mol. The Morgan fingerprint density at radius 3 is 2.75 bits per heavy atom. The van der Waals surface area contributed by atoms with E-state index in [-0.39, 0.29) is 6.04 Å². The van der Waals surface area contributed by atoms with Crippen molar-refractivity contribution in [1.82, 2.24) is 5.43 Å². The second kappa shape index (κ2) is 5.38. The van der Waals surface area contributed by atoms with Gasteiger partial charge in [0.15, 0.2) is 0 Å². The molecule has 20 heavy (non-hydrogen) atoms. The molecule has 3 rings (SSSR count). The van der Waals surface area contributed by atoms with E-state index in [1.165, 1.54) is 36.8 Å². The predicted molar refractivity (Wildman–Crippen MR) is 81.4 cm³/mol. The van der Waals surface area contributed by atoms with Crippen LogP contribution in [0.15, 0.2) is 18.2 Å². The van der Waals surface area contributed by atoms with E-state index in [1.54, 1.807) is 0 Å². The Bertz CT molecular complexity index is 474. The molecule has 3 nitrogen and oxygen atoms in total. The first-order valence-corrected chi connectivity index (χ1v) is 7.81. The van der Waals surface area contributed by atoms with Crippen LogP contribution in [0.4, 0.5) is 0 Å². The third-order valence-electron chi connectivity index (χ3n) is 5.11. The third-order valence-corrected chi connectivity index (χ3v) is 5.11. The number of benzene rings is 1. The van der Waals surface area contributed by atoms with Gasteiger partial charge in [-0.05, 0) is 42.6 Å². The van der Waals surface area contributed by atoms with Crippen LogP contribution in [-0.4, -0.2) is 6.61 Å². The van der Waals surface area contributed by atoms with Crippen LogP contribution < -0.4 is 16.0 Å². The summed E-state index contributed by atoms with van der Waals surface area (Å²) >= 11 is 0. The van der Waals surface area contributed by atoms with Crippen molar-refractivity contribution in [3.05, 3.63) is 29.3 Å². The molecule has 1 fully saturated rings. The molecule has 1 aromatic rings. The van der Waals surface area contributed by atoms with Crippen molar-refractivity contribution in [3.8, 4) is 5.75 Å². The first-order chi connectivity index (χ1) is 9.61. The normalized spacial score (nSPS) is 23.1. The molecule has 1 atom stereocenters. The molecule has 1 saturated carbocycles. The Morgan fingerprint density at radius 2 is 2.05 bits per heavy atom. The van der Waals surface area contributed by atoms with E-state index in [4.69, 9.17) is 10.6 Å². The van der Waals surface area contributed by atoms with E-state index < -0.39 is 0 Å². The minimum atomic E-state index is 0.221. The third kappa shape index (κ3) is 2.57. The lowest BCUT2D eigenvalue weighted by atomic mass is 9.70. The average molecular weight is 274 g/mol. The van der Waals surface area contributed by atoms with Crippen LogP contribution in [0.25, 0.3) is 0 Å². The minimum absolute atomic E-state index is 0.221. The van der Waals surface area contributed by atoms with E-state index in [1.807, 2.05) is 0 Å². The number of para-hydroxylation sites is 1. The summed E-state index contributed by atoms with van der Waals surface area (Å²) < 4.78 is 5.85. The topological polar surface area (TPSA) is 47.3 Å². The first kappa shape index (κ1) is 13.9. The standard InChI is InChI=1S/C17H26N2O/c1-17(2)9-6-12(7-10-17)15(19-18)14-5-3-4-13-8-11-20-16(13)14/h3-5,12,15,19H,6-11,18H2,1-2H3. The smallest absolute Gasteiger partial charge is 0.127 e. The van der Waals surface area contributed by atoms with Crippen molar-refractivity contribution >= 4 is 0 Å². The fraction of sp³-hybridized carbons (Fsp3) is 0.647. The molecule has 0 aromatic heterocycles. The van der Waals surface area contributed by atoms with E-state index in [2.05, 4.69) is 37.5 Å². The summed E-state index contributed by atoms with van der Waals surface area (Å²) in [5.74, 6) is 7.59. The molecule has 3 N–H and O–H groups in total. The zero-order valence-electron chi connectivity index (χ0n) is 12.6. The molecule has 1 heterocycles. The number of ether oxygens (including phenoxy) is 1. The predicted octanol–water partition coefficient (Wildman–Crippen LogP) is 3.34. The number of nitrogens with two attached hydrogens (primary N) is 1. The molecule has 3 heteroatoms. The van der Waals surface area contributed by atoms with E-state index in [0.29, 0.717) is 11.3 Å². The summed E-state index contributed by atoms with van der Waals surface area (Å²) in [5, 5.41) is 0. The SMILES string of the molecule is CC1(C)CCC(C(NN)c2cccc3c2OCC3)CC1. The summed E-state index contributed by atoms with van der Waals surface area (Å²) in [5.41, 5.74) is 6.14. The van der Waals surface area contributed by atoms with Gasteiger partial charge in [0, 0.05) is 12.0 Å². The molecule has 1 unspecified atom stereocenters. The lowest BCUT2D eigenvalue weighted by Crippen LogP contribution is -2.36. The molecule has 1 aromatic carbocycles. The monoisotopic (exact) mass is 274 g/mol. The first-order valence-electron chi connectivity index (χ1n) is 7.81. The second-order valence-corrected chi connectivity index (χ2v) is 7.08. The van der Waals surface area contributed by atoms with Crippen LogP contribution >= 0.6 is 0 Å². The molecule has 1 aliphatic heterocycles. The van der Waals surface area contributed by atoms with Gasteiger partial charge in [0.05, 0.1) is 12.6 Å². The van der Waals surface area contributed by atoms with E-state index in [9.17, 15) is 0 Å². The maximum atomic E-state index is 5.89. The zero-order valence-corrected chi connectivity index (χ0v) is 12.6. The number of hydrogen-bond acceptors (Lipinski definition) is 3. The van der Waals surface area contributed by atoms with Crippen molar-refractivity contribution in [2.75, 3.05) is 6.61 Å². The molecule has 0 spiro atoms. The fourth-order valence-corrected chi connectivity index (χ4v) is 3.72. The largest absolute Gasteiger partial charge is 0.493 e. The van der Waals surface area contributed by atoms with Gasteiger partial charge >= 0.3 is 0 Å². The van der Waals surface area contributed by atoms with Gasteiger partial charge < -0.3 is 4.74 Å². The maximum Gasteiger partial charge on any atom is 0.127 e. The molecule has 0 radical (unpaired) electrons. The van der Waals surface area contributed by atoms with Crippen molar-refractivity contribution in [3.63, 3.8) is 0 Å². The Kier molecular flexibility index (Phi) is 3.74. The summed E-state index contributed by atoms with van der Waals surface area (Å²) in [4.78, 5) is 0. The van der Waals surface area contributed by atoms with Crippen LogP contribution in [0, 0.1) is 11.3 Å². The Balaban J connectivity index is 1.82. The van der Waals surface area contributed by atoms with Crippen molar-refractivity contribution < 1.29 is 4.74 Å². The molecule has 2 aliphatic rings. The highest BCUT2D eigenvalue weighted by Gasteiger charge is 2.33. The number of nitrogens with one attached hydrogen (secondary N) is 1. The van der Waals surface area contributed by atoms with Gasteiger partial charge in [-0.3, -0.25) is 11.3 Å². The van der Waals surface area contributed by atoms with Crippen LogP contribution in [0.2, 0.25) is 0 Å². The number of rotatable bonds is 3. The van der Waals surface area contributed by atoms with Crippen LogP contribution in [0.3, 0.4) is 0 Å². The summed E-state index contributed by atoms with van der Waals surface area (Å²) in [6.07, 6.45) is 6.08.